The number of hydrogen-bond acceptors (Lipinski definition) is 2. The summed E-state index contributed by atoms with van der Waals surface area (Å²) in [5.41, 5.74) is 14.4. The van der Waals surface area contributed by atoms with Crippen molar-refractivity contribution >= 4 is 28.0 Å². The highest BCUT2D eigenvalue weighted by Crippen LogP contribution is 2.45. The predicted octanol–water partition coefficient (Wildman–Crippen LogP) is 14.2. The average Bonchev–Trinajstić information content (AvgIpc) is 3.63. The fourth-order valence-corrected chi connectivity index (χ4v) is 7.17. The number of nitrogens with zero attached hydrogens (tertiary/aromatic N) is 1. The van der Waals surface area contributed by atoms with Gasteiger partial charge in [-0.1, -0.05) is 176 Å². The Morgan fingerprint density at radius 2 is 0.827 bits per heavy atom. The molecule has 1 heterocycles. The zero-order chi connectivity index (χ0) is 34.7. The van der Waals surface area contributed by atoms with E-state index in [-0.39, 0.29) is 0 Å². The Kier molecular flexibility index (Phi) is 8.24. The standard InChI is InChI=1S/C50H35NO/c1-4-15-36(16-5-1)38-27-29-40(30-28-38)45-23-10-12-25-47(45)51(43-33-31-39(32-34-43)37-17-6-2-7-18-37)44-22-14-21-42(35-44)50-49(41-19-8-3-9-20-41)46-24-11-13-26-48(46)52-50/h1-35H. The van der Waals surface area contributed by atoms with Gasteiger partial charge >= 0.3 is 0 Å². The molecule has 9 aromatic rings. The van der Waals surface area contributed by atoms with Crippen molar-refractivity contribution in [3.8, 4) is 55.8 Å². The minimum atomic E-state index is 0.860. The van der Waals surface area contributed by atoms with Crippen molar-refractivity contribution in [2.24, 2.45) is 0 Å². The minimum Gasteiger partial charge on any atom is -0.455 e. The van der Waals surface area contributed by atoms with Crippen molar-refractivity contribution in [3.05, 3.63) is 212 Å². The maximum absolute atomic E-state index is 6.67. The van der Waals surface area contributed by atoms with Gasteiger partial charge in [0.15, 0.2) is 0 Å². The van der Waals surface area contributed by atoms with E-state index in [4.69, 9.17) is 4.42 Å². The first kappa shape index (κ1) is 31.1. The molecule has 2 heteroatoms. The van der Waals surface area contributed by atoms with E-state index in [0.29, 0.717) is 0 Å². The monoisotopic (exact) mass is 665 g/mol. The molecule has 0 amide bonds. The van der Waals surface area contributed by atoms with E-state index in [9.17, 15) is 0 Å². The largest absolute Gasteiger partial charge is 0.455 e. The van der Waals surface area contributed by atoms with E-state index in [1.165, 1.54) is 22.3 Å². The van der Waals surface area contributed by atoms with Crippen molar-refractivity contribution in [2.45, 2.75) is 0 Å². The Balaban J connectivity index is 1.20. The summed E-state index contributed by atoms with van der Waals surface area (Å²) >= 11 is 0. The number of para-hydroxylation sites is 2. The third-order valence-electron chi connectivity index (χ3n) is 9.71. The van der Waals surface area contributed by atoms with Gasteiger partial charge in [0.25, 0.3) is 0 Å². The number of fused-ring (bicyclic) bond motifs is 1. The molecule has 0 saturated carbocycles. The van der Waals surface area contributed by atoms with E-state index in [2.05, 4.69) is 211 Å². The molecular formula is C50H35NO. The van der Waals surface area contributed by atoms with Crippen LogP contribution >= 0.6 is 0 Å². The molecule has 0 atom stereocenters. The SMILES string of the molecule is c1ccc(-c2ccc(-c3ccccc3N(c3ccc(-c4ccccc4)cc3)c3cccc(-c4oc5ccccc5c4-c4ccccc4)c3)cc2)cc1. The van der Waals surface area contributed by atoms with Crippen LogP contribution in [0.25, 0.3) is 66.8 Å². The van der Waals surface area contributed by atoms with Crippen molar-refractivity contribution in [1.29, 1.82) is 0 Å². The lowest BCUT2D eigenvalue weighted by Crippen LogP contribution is -2.11. The maximum atomic E-state index is 6.67. The van der Waals surface area contributed by atoms with Gasteiger partial charge in [0.1, 0.15) is 11.3 Å². The Morgan fingerprint density at radius 3 is 1.50 bits per heavy atom. The highest BCUT2D eigenvalue weighted by atomic mass is 16.3. The summed E-state index contributed by atoms with van der Waals surface area (Å²) in [6.07, 6.45) is 0. The van der Waals surface area contributed by atoms with Crippen LogP contribution in [0.15, 0.2) is 217 Å². The molecular weight excluding hydrogens is 631 g/mol. The summed E-state index contributed by atoms with van der Waals surface area (Å²) in [6, 6.07) is 75.1. The molecule has 246 valence electrons. The van der Waals surface area contributed by atoms with Crippen LogP contribution in [0.2, 0.25) is 0 Å². The smallest absolute Gasteiger partial charge is 0.143 e. The molecule has 0 radical (unpaired) electrons. The van der Waals surface area contributed by atoms with Gasteiger partial charge in [0.05, 0.1) is 5.69 Å². The Hall–Kier alpha value is -6.90. The van der Waals surface area contributed by atoms with E-state index < -0.39 is 0 Å². The molecule has 9 rings (SSSR count). The molecule has 2 nitrogen and oxygen atoms in total. The summed E-state index contributed by atoms with van der Waals surface area (Å²) in [7, 11) is 0. The van der Waals surface area contributed by atoms with Crippen LogP contribution in [0.4, 0.5) is 17.1 Å². The number of anilines is 3. The summed E-state index contributed by atoms with van der Waals surface area (Å²) in [5, 5.41) is 1.10. The third kappa shape index (κ3) is 5.97. The van der Waals surface area contributed by atoms with E-state index in [1.807, 2.05) is 6.07 Å². The lowest BCUT2D eigenvalue weighted by atomic mass is 9.97. The highest BCUT2D eigenvalue weighted by molar-refractivity contribution is 6.02. The van der Waals surface area contributed by atoms with Crippen molar-refractivity contribution < 1.29 is 4.42 Å². The third-order valence-corrected chi connectivity index (χ3v) is 9.71. The minimum absolute atomic E-state index is 0.860. The second kappa shape index (κ2) is 13.8. The van der Waals surface area contributed by atoms with Crippen LogP contribution in [0, 0.1) is 0 Å². The molecule has 1 aromatic heterocycles. The second-order valence-corrected chi connectivity index (χ2v) is 12.9. The molecule has 0 unspecified atom stereocenters. The van der Waals surface area contributed by atoms with Crippen LogP contribution < -0.4 is 4.90 Å². The van der Waals surface area contributed by atoms with Gasteiger partial charge in [-0.3, -0.25) is 0 Å². The van der Waals surface area contributed by atoms with Gasteiger partial charge < -0.3 is 9.32 Å². The molecule has 0 aliphatic carbocycles. The Bertz CT molecular complexity index is 2590. The molecule has 8 aromatic carbocycles. The van der Waals surface area contributed by atoms with Crippen LogP contribution in [0.3, 0.4) is 0 Å². The van der Waals surface area contributed by atoms with E-state index >= 15 is 0 Å². The molecule has 0 aliphatic heterocycles. The topological polar surface area (TPSA) is 16.4 Å². The van der Waals surface area contributed by atoms with Crippen molar-refractivity contribution in [1.82, 2.24) is 0 Å². The van der Waals surface area contributed by atoms with Gasteiger partial charge in [-0.15, -0.1) is 0 Å². The lowest BCUT2D eigenvalue weighted by molar-refractivity contribution is 0.632. The van der Waals surface area contributed by atoms with Crippen molar-refractivity contribution in [3.63, 3.8) is 0 Å². The van der Waals surface area contributed by atoms with Crippen molar-refractivity contribution in [2.75, 3.05) is 4.90 Å². The maximum Gasteiger partial charge on any atom is 0.143 e. The average molecular weight is 666 g/mol. The van der Waals surface area contributed by atoms with E-state index in [0.717, 1.165) is 61.6 Å². The first-order valence-electron chi connectivity index (χ1n) is 17.7. The summed E-state index contributed by atoms with van der Waals surface area (Å²) in [4.78, 5) is 2.36. The summed E-state index contributed by atoms with van der Waals surface area (Å²) < 4.78 is 6.67. The van der Waals surface area contributed by atoms with Gasteiger partial charge in [-0.2, -0.15) is 0 Å². The number of furan rings is 1. The number of benzene rings is 8. The zero-order valence-corrected chi connectivity index (χ0v) is 28.6. The summed E-state index contributed by atoms with van der Waals surface area (Å²) in [5.74, 6) is 0.860. The molecule has 52 heavy (non-hydrogen) atoms. The number of hydrogen-bond donors (Lipinski definition) is 0. The molecule has 0 saturated heterocycles. The summed E-state index contributed by atoms with van der Waals surface area (Å²) in [6.45, 7) is 0. The second-order valence-electron chi connectivity index (χ2n) is 12.9. The molecule has 0 N–H and O–H groups in total. The highest BCUT2D eigenvalue weighted by Gasteiger charge is 2.21. The fraction of sp³-hybridized carbons (Fsp3) is 0. The first-order valence-corrected chi connectivity index (χ1v) is 17.7. The van der Waals surface area contributed by atoms with Crippen LogP contribution in [0.1, 0.15) is 0 Å². The number of rotatable bonds is 8. The fourth-order valence-electron chi connectivity index (χ4n) is 7.17. The first-order chi connectivity index (χ1) is 25.8. The normalized spacial score (nSPS) is 11.1. The molecule has 0 fully saturated rings. The van der Waals surface area contributed by atoms with Crippen LogP contribution in [0.5, 0.6) is 0 Å². The quantitative estimate of drug-likeness (QED) is 0.161. The lowest BCUT2D eigenvalue weighted by Gasteiger charge is -2.28. The zero-order valence-electron chi connectivity index (χ0n) is 28.6. The van der Waals surface area contributed by atoms with Gasteiger partial charge in [-0.05, 0) is 69.8 Å². The Morgan fingerprint density at radius 1 is 0.327 bits per heavy atom. The van der Waals surface area contributed by atoms with Gasteiger partial charge in [0, 0.05) is 33.5 Å². The molecule has 0 spiro atoms. The van der Waals surface area contributed by atoms with Gasteiger partial charge in [0.2, 0.25) is 0 Å². The van der Waals surface area contributed by atoms with Gasteiger partial charge in [-0.25, -0.2) is 0 Å². The van der Waals surface area contributed by atoms with Crippen LogP contribution in [-0.4, -0.2) is 0 Å². The predicted molar refractivity (Wildman–Crippen MR) is 218 cm³/mol. The Labute approximate surface area is 304 Å². The molecule has 0 bridgehead atoms. The van der Waals surface area contributed by atoms with Crippen LogP contribution in [-0.2, 0) is 0 Å². The molecule has 0 aliphatic rings. The van der Waals surface area contributed by atoms with E-state index in [1.54, 1.807) is 0 Å².